The fourth-order valence-corrected chi connectivity index (χ4v) is 5.91. The Labute approximate surface area is 253 Å². The SMILES string of the molecule is NC(=O)CC[C@H](NC(=O)[C@H](Cc1cnc[nH]1)NC(=O)OCC1c2ccccc2-c2ccccc21)C(=O)N1CCC[C@@H]1C(=O)O. The predicted octanol–water partition coefficient (Wildman–Crippen LogP) is 1.69. The number of hydrogen-bond donors (Lipinski definition) is 5. The smallest absolute Gasteiger partial charge is 0.407 e. The van der Waals surface area contributed by atoms with E-state index < -0.39 is 47.9 Å². The Morgan fingerprint density at radius 2 is 1.70 bits per heavy atom. The second-order valence-corrected chi connectivity index (χ2v) is 10.9. The first-order valence-corrected chi connectivity index (χ1v) is 14.4. The number of carbonyl (C=O) groups excluding carboxylic acids is 4. The zero-order valence-electron chi connectivity index (χ0n) is 23.9. The van der Waals surface area contributed by atoms with Crippen LogP contribution in [0.4, 0.5) is 4.79 Å². The van der Waals surface area contributed by atoms with Crippen LogP contribution in [0, 0.1) is 0 Å². The van der Waals surface area contributed by atoms with Crippen LogP contribution in [0.2, 0.25) is 0 Å². The standard InChI is InChI=1S/C31H34N6O7/c32-27(38)12-11-24(29(40)37-13-5-10-26(37)30(41)42)35-28(39)25(14-18-15-33-17-34-18)36-31(43)44-16-23-21-8-3-1-6-19(21)20-7-2-4-9-22(20)23/h1-4,6-9,15,17,23-26H,5,10-14,16H2,(H2,32,38)(H,33,34)(H,35,39)(H,36,43)(H,41,42)/t24-,25-,26+/m0/s1. The molecule has 1 aromatic heterocycles. The number of aliphatic carboxylic acids is 1. The number of imidazole rings is 1. The molecule has 230 valence electrons. The summed E-state index contributed by atoms with van der Waals surface area (Å²) in [6, 6.07) is 12.4. The van der Waals surface area contributed by atoms with Crippen molar-refractivity contribution in [3.63, 3.8) is 0 Å². The Morgan fingerprint density at radius 1 is 1.02 bits per heavy atom. The summed E-state index contributed by atoms with van der Waals surface area (Å²) in [5.41, 5.74) is 10.1. The van der Waals surface area contributed by atoms with Crippen molar-refractivity contribution in [2.24, 2.45) is 5.73 Å². The zero-order valence-corrected chi connectivity index (χ0v) is 23.9. The summed E-state index contributed by atoms with van der Waals surface area (Å²) < 4.78 is 5.64. The average molecular weight is 603 g/mol. The summed E-state index contributed by atoms with van der Waals surface area (Å²) in [7, 11) is 0. The molecule has 1 saturated heterocycles. The van der Waals surface area contributed by atoms with Gasteiger partial charge in [-0.05, 0) is 41.5 Å². The highest BCUT2D eigenvalue weighted by atomic mass is 16.5. The van der Waals surface area contributed by atoms with Crippen LogP contribution in [-0.4, -0.2) is 81.0 Å². The van der Waals surface area contributed by atoms with Crippen LogP contribution in [0.5, 0.6) is 0 Å². The van der Waals surface area contributed by atoms with Gasteiger partial charge < -0.3 is 36.1 Å². The summed E-state index contributed by atoms with van der Waals surface area (Å²) in [6.07, 6.45) is 2.50. The number of hydrogen-bond acceptors (Lipinski definition) is 7. The number of likely N-dealkylation sites (tertiary alicyclic amines) is 1. The highest BCUT2D eigenvalue weighted by molar-refractivity contribution is 5.93. The molecule has 1 aliphatic carbocycles. The van der Waals surface area contributed by atoms with Crippen LogP contribution in [-0.2, 0) is 30.3 Å². The van der Waals surface area contributed by atoms with E-state index in [0.29, 0.717) is 12.1 Å². The number of carbonyl (C=O) groups is 5. The van der Waals surface area contributed by atoms with Gasteiger partial charge in [-0.2, -0.15) is 0 Å². The molecule has 0 spiro atoms. The largest absolute Gasteiger partial charge is 0.480 e. The van der Waals surface area contributed by atoms with Gasteiger partial charge in [0.15, 0.2) is 0 Å². The van der Waals surface area contributed by atoms with Gasteiger partial charge in [-0.3, -0.25) is 14.4 Å². The molecule has 1 fully saturated rings. The molecule has 6 N–H and O–H groups in total. The number of nitrogens with two attached hydrogens (primary N) is 1. The summed E-state index contributed by atoms with van der Waals surface area (Å²) in [4.78, 5) is 71.3. The van der Waals surface area contributed by atoms with Crippen molar-refractivity contribution in [3.8, 4) is 11.1 Å². The highest BCUT2D eigenvalue weighted by Gasteiger charge is 2.38. The Bertz CT molecular complexity index is 1500. The fourth-order valence-electron chi connectivity index (χ4n) is 5.91. The summed E-state index contributed by atoms with van der Waals surface area (Å²) >= 11 is 0. The van der Waals surface area contributed by atoms with Crippen LogP contribution in [0.1, 0.15) is 48.4 Å². The summed E-state index contributed by atoms with van der Waals surface area (Å²) in [6.45, 7) is 0.234. The maximum atomic E-state index is 13.6. The zero-order chi connectivity index (χ0) is 31.2. The average Bonchev–Trinajstić information content (AvgIpc) is 3.77. The van der Waals surface area contributed by atoms with Crippen molar-refractivity contribution < 1.29 is 33.8 Å². The molecule has 2 heterocycles. The number of H-pyrrole nitrogens is 1. The third-order valence-corrected chi connectivity index (χ3v) is 8.05. The minimum atomic E-state index is -1.23. The molecule has 0 saturated carbocycles. The van der Waals surface area contributed by atoms with E-state index in [1.807, 2.05) is 48.5 Å². The van der Waals surface area contributed by atoms with Crippen molar-refractivity contribution >= 4 is 29.8 Å². The van der Waals surface area contributed by atoms with Crippen molar-refractivity contribution in [1.82, 2.24) is 25.5 Å². The lowest BCUT2D eigenvalue weighted by Gasteiger charge is -2.28. The second-order valence-electron chi connectivity index (χ2n) is 10.9. The molecule has 0 bridgehead atoms. The molecule has 2 aliphatic rings. The van der Waals surface area contributed by atoms with Crippen LogP contribution >= 0.6 is 0 Å². The maximum Gasteiger partial charge on any atom is 0.407 e. The molecule has 4 amide bonds. The fraction of sp³-hybridized carbons (Fsp3) is 0.355. The molecule has 3 aromatic rings. The monoisotopic (exact) mass is 602 g/mol. The number of primary amides is 1. The Morgan fingerprint density at radius 3 is 2.32 bits per heavy atom. The summed E-state index contributed by atoms with van der Waals surface area (Å²) in [5, 5.41) is 14.8. The van der Waals surface area contributed by atoms with E-state index in [9.17, 15) is 29.1 Å². The Hall–Kier alpha value is -5.20. The molecule has 13 heteroatoms. The highest BCUT2D eigenvalue weighted by Crippen LogP contribution is 2.44. The molecule has 5 rings (SSSR count). The Kier molecular flexibility index (Phi) is 9.22. The first-order valence-electron chi connectivity index (χ1n) is 14.4. The van der Waals surface area contributed by atoms with E-state index >= 15 is 0 Å². The molecule has 3 atom stereocenters. The quantitative estimate of drug-likeness (QED) is 0.206. The number of carboxylic acids is 1. The first-order chi connectivity index (χ1) is 21.2. The number of amides is 4. The van der Waals surface area contributed by atoms with Gasteiger partial charge in [0.05, 0.1) is 6.33 Å². The normalized spacial score (nSPS) is 16.8. The Balaban J connectivity index is 1.29. The molecule has 1 aliphatic heterocycles. The van der Waals surface area contributed by atoms with Crippen LogP contribution < -0.4 is 16.4 Å². The van der Waals surface area contributed by atoms with E-state index in [-0.39, 0.29) is 44.8 Å². The molecular formula is C31H34N6O7. The second kappa shape index (κ2) is 13.4. The lowest BCUT2D eigenvalue weighted by Crippen LogP contribution is -2.56. The summed E-state index contributed by atoms with van der Waals surface area (Å²) in [5.74, 6) is -3.37. The molecule has 13 nitrogen and oxygen atoms in total. The van der Waals surface area contributed by atoms with Crippen LogP contribution in [0.25, 0.3) is 11.1 Å². The first kappa shape index (κ1) is 30.3. The predicted molar refractivity (Wildman–Crippen MR) is 157 cm³/mol. The molecule has 0 radical (unpaired) electrons. The lowest BCUT2D eigenvalue weighted by molar-refractivity contribution is -0.149. The number of carboxylic acid groups (broad SMARTS) is 1. The molecule has 0 unspecified atom stereocenters. The van der Waals surface area contributed by atoms with E-state index in [1.165, 1.54) is 17.4 Å². The number of alkyl carbamates (subject to hydrolysis) is 1. The van der Waals surface area contributed by atoms with Crippen molar-refractivity contribution in [2.75, 3.05) is 13.2 Å². The number of nitrogens with zero attached hydrogens (tertiary/aromatic N) is 2. The van der Waals surface area contributed by atoms with E-state index in [1.54, 1.807) is 0 Å². The van der Waals surface area contributed by atoms with Crippen LogP contribution in [0.3, 0.4) is 0 Å². The van der Waals surface area contributed by atoms with Gasteiger partial charge in [0, 0.05) is 37.2 Å². The minimum absolute atomic E-state index is 0.00573. The van der Waals surface area contributed by atoms with Gasteiger partial charge in [-0.25, -0.2) is 14.6 Å². The van der Waals surface area contributed by atoms with Crippen molar-refractivity contribution in [2.45, 2.75) is 56.1 Å². The third kappa shape index (κ3) is 6.72. The third-order valence-electron chi connectivity index (χ3n) is 8.05. The minimum Gasteiger partial charge on any atom is -0.480 e. The number of aromatic nitrogens is 2. The van der Waals surface area contributed by atoms with Gasteiger partial charge in [-0.1, -0.05) is 48.5 Å². The number of benzene rings is 2. The van der Waals surface area contributed by atoms with Crippen LogP contribution in [0.15, 0.2) is 61.1 Å². The number of aromatic amines is 1. The van der Waals surface area contributed by atoms with Gasteiger partial charge in [0.1, 0.15) is 24.7 Å². The molecule has 44 heavy (non-hydrogen) atoms. The topological polar surface area (TPSA) is 197 Å². The number of fused-ring (bicyclic) bond motifs is 3. The van der Waals surface area contributed by atoms with Gasteiger partial charge in [0.2, 0.25) is 17.7 Å². The van der Waals surface area contributed by atoms with Gasteiger partial charge >= 0.3 is 12.1 Å². The lowest BCUT2D eigenvalue weighted by atomic mass is 9.98. The van der Waals surface area contributed by atoms with Gasteiger partial charge in [0.25, 0.3) is 0 Å². The van der Waals surface area contributed by atoms with E-state index in [0.717, 1.165) is 22.3 Å². The van der Waals surface area contributed by atoms with Crippen molar-refractivity contribution in [1.29, 1.82) is 0 Å². The molecule has 2 aromatic carbocycles. The number of rotatable bonds is 12. The maximum absolute atomic E-state index is 13.6. The number of nitrogens with one attached hydrogen (secondary N) is 3. The molecular weight excluding hydrogens is 568 g/mol. The van der Waals surface area contributed by atoms with Crippen molar-refractivity contribution in [3.05, 3.63) is 77.9 Å². The van der Waals surface area contributed by atoms with E-state index in [2.05, 4.69) is 20.6 Å². The number of ether oxygens (including phenoxy) is 1. The van der Waals surface area contributed by atoms with E-state index in [4.69, 9.17) is 10.5 Å². The van der Waals surface area contributed by atoms with Gasteiger partial charge in [-0.15, -0.1) is 0 Å².